The van der Waals surface area contributed by atoms with E-state index in [0.29, 0.717) is 106 Å². The molecule has 2 aromatic carbocycles. The number of amides is 7. The van der Waals surface area contributed by atoms with E-state index >= 15 is 0 Å². The van der Waals surface area contributed by atoms with Gasteiger partial charge in [-0.1, -0.05) is 25.3 Å². The average molecular weight is 918 g/mol. The van der Waals surface area contributed by atoms with Crippen LogP contribution in [0.2, 0.25) is 0 Å². The molecule has 0 radical (unpaired) electrons. The number of aromatic nitrogens is 1. The zero-order chi connectivity index (χ0) is 46.5. The van der Waals surface area contributed by atoms with E-state index < -0.39 is 47.1 Å². The second-order valence-corrected chi connectivity index (χ2v) is 16.7. The molecule has 1 saturated carbocycles. The fraction of sp³-hybridized carbons (Fsp3) is 0.543. The second-order valence-electron chi connectivity index (χ2n) is 16.7. The molecule has 0 spiro atoms. The summed E-state index contributed by atoms with van der Waals surface area (Å²) in [6.45, 7) is 4.79. The number of anilines is 2. The molecule has 6 N–H and O–H groups in total. The van der Waals surface area contributed by atoms with Crippen molar-refractivity contribution in [3.8, 4) is 0 Å². The van der Waals surface area contributed by atoms with Gasteiger partial charge in [0.1, 0.15) is 11.7 Å². The van der Waals surface area contributed by atoms with Gasteiger partial charge in [-0.25, -0.2) is 0 Å². The van der Waals surface area contributed by atoms with Crippen molar-refractivity contribution in [2.45, 2.75) is 63.0 Å². The van der Waals surface area contributed by atoms with Gasteiger partial charge in [-0.3, -0.25) is 43.8 Å². The lowest BCUT2D eigenvalue weighted by molar-refractivity contribution is -0.149. The molecule has 1 aliphatic carbocycles. The van der Waals surface area contributed by atoms with Crippen molar-refractivity contribution in [1.82, 2.24) is 25.8 Å². The summed E-state index contributed by atoms with van der Waals surface area (Å²) in [6.07, 6.45) is 5.70. The number of nitrogens with zero attached hydrogens (tertiary/aromatic N) is 2. The Labute approximate surface area is 381 Å². The van der Waals surface area contributed by atoms with E-state index in [1.165, 1.54) is 11.3 Å². The number of imide groups is 2. The van der Waals surface area contributed by atoms with Crippen LogP contribution in [-0.2, 0) is 42.9 Å². The molecule has 356 valence electrons. The van der Waals surface area contributed by atoms with Crippen molar-refractivity contribution in [2.24, 2.45) is 5.92 Å². The van der Waals surface area contributed by atoms with Gasteiger partial charge in [-0.2, -0.15) is 0 Å². The van der Waals surface area contributed by atoms with Crippen LogP contribution in [0.1, 0.15) is 82.6 Å². The summed E-state index contributed by atoms with van der Waals surface area (Å²) in [6, 6.07) is 10.8. The van der Waals surface area contributed by atoms with Crippen LogP contribution < -0.4 is 26.2 Å². The number of rotatable bonds is 25. The number of benzene rings is 2. The van der Waals surface area contributed by atoms with E-state index in [4.69, 9.17) is 23.7 Å². The number of fused-ring (bicyclic) bond motifs is 2. The van der Waals surface area contributed by atoms with Crippen LogP contribution in [0, 0.1) is 5.92 Å². The lowest BCUT2D eigenvalue weighted by Crippen LogP contribution is -2.54. The summed E-state index contributed by atoms with van der Waals surface area (Å²) in [5.41, 5.74) is 0.333. The first-order chi connectivity index (χ1) is 32.0. The minimum atomic E-state index is -2.10. The number of carbonyl (C=O) groups excluding carboxylic acids is 7. The number of carbonyl (C=O) groups is 7. The summed E-state index contributed by atoms with van der Waals surface area (Å²) in [5, 5.41) is 22.7. The van der Waals surface area contributed by atoms with Gasteiger partial charge in [-0.05, 0) is 61.6 Å². The SMILES string of the molecule is O=C1CCC(N2C(=O)c3cccc(NCCOCCOCCOCCOCCOCCNC(=O)c4cc5cc(N6CCC(O)(C(=O)NCC7CCCCC7)C6=O)ccc5[nH]4)c3C2=O)C(=O)N1. The van der Waals surface area contributed by atoms with Gasteiger partial charge < -0.3 is 54.6 Å². The topological polar surface area (TPSA) is 256 Å². The summed E-state index contributed by atoms with van der Waals surface area (Å²) in [5.74, 6) is -3.46. The van der Waals surface area contributed by atoms with Crippen LogP contribution in [0.15, 0.2) is 42.5 Å². The predicted octanol–water partition coefficient (Wildman–Crippen LogP) is 1.66. The number of aromatic amines is 1. The van der Waals surface area contributed by atoms with Gasteiger partial charge in [0.2, 0.25) is 17.4 Å². The Morgan fingerprint density at radius 2 is 1.42 bits per heavy atom. The Balaban J connectivity index is 0.674. The van der Waals surface area contributed by atoms with E-state index in [-0.39, 0.29) is 56.0 Å². The molecule has 0 bridgehead atoms. The van der Waals surface area contributed by atoms with E-state index in [0.717, 1.165) is 30.6 Å². The Bertz CT molecular complexity index is 2240. The van der Waals surface area contributed by atoms with Crippen LogP contribution in [0.4, 0.5) is 11.4 Å². The quantitative estimate of drug-likeness (QED) is 0.0402. The molecule has 20 nitrogen and oxygen atoms in total. The highest BCUT2D eigenvalue weighted by Crippen LogP contribution is 2.33. The van der Waals surface area contributed by atoms with E-state index in [9.17, 15) is 38.7 Å². The lowest BCUT2D eigenvalue weighted by Gasteiger charge is -2.27. The predicted molar refractivity (Wildman–Crippen MR) is 238 cm³/mol. The first-order valence-corrected chi connectivity index (χ1v) is 22.8. The standard InChI is InChI=1S/C46H59N7O13/c54-38-12-11-37(41(56)51-38)53-42(57)33-7-4-8-35(39(33)43(53)58)47-14-17-62-19-21-64-23-25-66-26-24-65-22-20-63-18-15-48-40(55)36-28-31-27-32(9-10-34(31)50-36)52-16-13-46(61,45(52)60)44(59)49-29-30-5-2-1-3-6-30/h4,7-10,27-28,30,37,47,50,61H,1-3,5-6,11-26,29H2,(H,48,55)(H,49,59)(H,51,54,56). The Kier molecular flexibility index (Phi) is 16.9. The van der Waals surface area contributed by atoms with Crippen molar-refractivity contribution in [1.29, 1.82) is 0 Å². The van der Waals surface area contributed by atoms with Crippen molar-refractivity contribution in [2.75, 3.05) is 102 Å². The Morgan fingerprint density at radius 3 is 2.11 bits per heavy atom. The van der Waals surface area contributed by atoms with Crippen LogP contribution in [0.25, 0.3) is 10.9 Å². The van der Waals surface area contributed by atoms with E-state index in [2.05, 4.69) is 26.3 Å². The van der Waals surface area contributed by atoms with E-state index in [1.54, 1.807) is 42.5 Å². The summed E-state index contributed by atoms with van der Waals surface area (Å²) < 4.78 is 27.8. The van der Waals surface area contributed by atoms with Crippen molar-refractivity contribution < 1.29 is 62.4 Å². The number of nitrogens with one attached hydrogen (secondary N) is 5. The maximum Gasteiger partial charge on any atom is 0.268 e. The molecule has 3 aliphatic heterocycles. The molecule has 66 heavy (non-hydrogen) atoms. The monoisotopic (exact) mass is 917 g/mol. The Morgan fingerprint density at radius 1 is 0.758 bits per heavy atom. The van der Waals surface area contributed by atoms with E-state index in [1.807, 2.05) is 0 Å². The van der Waals surface area contributed by atoms with Crippen molar-refractivity contribution >= 4 is 63.6 Å². The highest BCUT2D eigenvalue weighted by atomic mass is 16.6. The van der Waals surface area contributed by atoms with Gasteiger partial charge in [0.25, 0.3) is 29.5 Å². The maximum absolute atomic E-state index is 13.3. The average Bonchev–Trinajstić information content (AvgIpc) is 3.97. The minimum Gasteiger partial charge on any atom is -0.382 e. The molecule has 4 aliphatic rings. The molecular weight excluding hydrogens is 859 g/mol. The molecule has 2 atom stereocenters. The number of ether oxygens (including phenoxy) is 5. The number of piperidine rings is 1. The number of hydrogen-bond donors (Lipinski definition) is 6. The minimum absolute atomic E-state index is 0.000105. The van der Waals surface area contributed by atoms with Crippen LogP contribution in [0.3, 0.4) is 0 Å². The third kappa shape index (κ3) is 11.8. The van der Waals surface area contributed by atoms with Gasteiger partial charge in [-0.15, -0.1) is 0 Å². The van der Waals surface area contributed by atoms with Gasteiger partial charge in [0, 0.05) is 61.3 Å². The fourth-order valence-corrected chi connectivity index (χ4v) is 8.58. The van der Waals surface area contributed by atoms with Crippen molar-refractivity contribution in [3.05, 3.63) is 59.3 Å². The lowest BCUT2D eigenvalue weighted by atomic mass is 9.89. The molecule has 2 saturated heterocycles. The third-order valence-electron chi connectivity index (χ3n) is 12.2. The highest BCUT2D eigenvalue weighted by Gasteiger charge is 2.52. The van der Waals surface area contributed by atoms with Gasteiger partial charge in [0.15, 0.2) is 0 Å². The van der Waals surface area contributed by atoms with Gasteiger partial charge in [0.05, 0.1) is 77.2 Å². The molecule has 3 fully saturated rings. The Hall–Kier alpha value is -5.77. The molecule has 20 heteroatoms. The summed E-state index contributed by atoms with van der Waals surface area (Å²) >= 11 is 0. The molecule has 3 aromatic rings. The molecular formula is C46H59N7O13. The smallest absolute Gasteiger partial charge is 0.268 e. The van der Waals surface area contributed by atoms with Gasteiger partial charge >= 0.3 is 0 Å². The maximum atomic E-state index is 13.3. The molecule has 4 heterocycles. The number of aliphatic hydroxyl groups is 1. The number of hydrogen-bond acceptors (Lipinski definition) is 14. The summed E-state index contributed by atoms with van der Waals surface area (Å²) in [7, 11) is 0. The molecule has 1 aromatic heterocycles. The number of H-pyrrole nitrogens is 1. The van der Waals surface area contributed by atoms with Crippen LogP contribution in [-0.4, -0.2) is 160 Å². The largest absolute Gasteiger partial charge is 0.382 e. The first kappa shape index (κ1) is 48.2. The van der Waals surface area contributed by atoms with Crippen LogP contribution in [0.5, 0.6) is 0 Å². The molecule has 2 unspecified atom stereocenters. The summed E-state index contributed by atoms with van der Waals surface area (Å²) in [4.78, 5) is 94.6. The van der Waals surface area contributed by atoms with Crippen molar-refractivity contribution in [3.63, 3.8) is 0 Å². The zero-order valence-corrected chi connectivity index (χ0v) is 37.0. The fourth-order valence-electron chi connectivity index (χ4n) is 8.58. The second kappa shape index (κ2) is 23.1. The molecule has 7 rings (SSSR count). The third-order valence-corrected chi connectivity index (χ3v) is 12.2. The zero-order valence-electron chi connectivity index (χ0n) is 37.0. The highest BCUT2D eigenvalue weighted by molar-refractivity contribution is 6.25. The van der Waals surface area contributed by atoms with Crippen LogP contribution >= 0.6 is 0 Å². The normalized spacial score (nSPS) is 20.0. The first-order valence-electron chi connectivity index (χ1n) is 22.8. The molecule has 7 amide bonds.